The lowest BCUT2D eigenvalue weighted by molar-refractivity contribution is 0.0884. The molecule has 9 nitrogen and oxygen atoms in total. The first-order valence-corrected chi connectivity index (χ1v) is 10.4. The van der Waals surface area contributed by atoms with E-state index >= 15 is 0 Å². The van der Waals surface area contributed by atoms with E-state index in [0.29, 0.717) is 42.9 Å². The standard InChI is InChI=1S/C23H21N9/c1-31-16(14-26)9-21(29-31)20-10-19-17(3-2-7-27-19)22(28-20)18-4-8-32(30-18)23(5-6-24)11-15(12-23)13-25/h2-4,7-10,15H,5,11-12,14,26H2,1H3. The molecule has 4 heterocycles. The van der Waals surface area contributed by atoms with Gasteiger partial charge in [0, 0.05) is 31.4 Å². The third-order valence-corrected chi connectivity index (χ3v) is 6.21. The summed E-state index contributed by atoms with van der Waals surface area (Å²) in [5, 5.41) is 28.8. The molecule has 0 aromatic carbocycles. The van der Waals surface area contributed by atoms with E-state index in [4.69, 9.17) is 15.8 Å². The molecule has 4 aromatic rings. The molecule has 0 saturated heterocycles. The van der Waals surface area contributed by atoms with Gasteiger partial charge in [-0.1, -0.05) is 0 Å². The molecule has 0 radical (unpaired) electrons. The van der Waals surface area contributed by atoms with Gasteiger partial charge >= 0.3 is 0 Å². The number of nitrogens with two attached hydrogens (primary N) is 1. The van der Waals surface area contributed by atoms with Crippen LogP contribution in [0.5, 0.6) is 0 Å². The second kappa shape index (κ2) is 7.56. The minimum absolute atomic E-state index is 0.0385. The quantitative estimate of drug-likeness (QED) is 0.521. The average molecular weight is 423 g/mol. The largest absolute Gasteiger partial charge is 0.325 e. The number of aromatic nitrogens is 6. The molecular formula is C23H21N9. The van der Waals surface area contributed by atoms with Gasteiger partial charge in [0.25, 0.3) is 0 Å². The average Bonchev–Trinajstić information content (AvgIpc) is 3.42. The molecule has 5 rings (SSSR count). The topological polar surface area (TPSA) is 135 Å². The first-order valence-electron chi connectivity index (χ1n) is 10.4. The molecule has 1 aliphatic carbocycles. The Morgan fingerprint density at radius 1 is 1.16 bits per heavy atom. The third-order valence-electron chi connectivity index (χ3n) is 6.21. The molecule has 32 heavy (non-hydrogen) atoms. The molecule has 1 saturated carbocycles. The van der Waals surface area contributed by atoms with Crippen LogP contribution in [0.4, 0.5) is 0 Å². The van der Waals surface area contributed by atoms with Crippen molar-refractivity contribution in [2.24, 2.45) is 18.7 Å². The summed E-state index contributed by atoms with van der Waals surface area (Å²) in [6.45, 7) is 0.386. The smallest absolute Gasteiger partial charge is 0.111 e. The number of aryl methyl sites for hydroxylation is 1. The Hall–Kier alpha value is -4.08. The predicted molar refractivity (Wildman–Crippen MR) is 117 cm³/mol. The summed E-state index contributed by atoms with van der Waals surface area (Å²) >= 11 is 0. The Balaban J connectivity index is 1.62. The van der Waals surface area contributed by atoms with Crippen LogP contribution in [-0.4, -0.2) is 29.5 Å². The minimum Gasteiger partial charge on any atom is -0.325 e. The van der Waals surface area contributed by atoms with Crippen LogP contribution in [0.25, 0.3) is 33.7 Å². The molecule has 1 fully saturated rings. The van der Waals surface area contributed by atoms with Crippen LogP contribution in [0.1, 0.15) is 25.0 Å². The monoisotopic (exact) mass is 423 g/mol. The molecule has 0 bridgehead atoms. The maximum absolute atomic E-state index is 9.35. The second-order valence-corrected chi connectivity index (χ2v) is 8.21. The van der Waals surface area contributed by atoms with Gasteiger partial charge in [0.1, 0.15) is 17.1 Å². The lowest BCUT2D eigenvalue weighted by atomic mass is 9.67. The summed E-state index contributed by atoms with van der Waals surface area (Å²) in [6, 6.07) is 14.1. The van der Waals surface area contributed by atoms with Gasteiger partial charge in [0.15, 0.2) is 0 Å². The van der Waals surface area contributed by atoms with Crippen molar-refractivity contribution in [2.45, 2.75) is 31.3 Å². The van der Waals surface area contributed by atoms with Crippen molar-refractivity contribution in [2.75, 3.05) is 0 Å². The van der Waals surface area contributed by atoms with Gasteiger partial charge in [-0.3, -0.25) is 14.3 Å². The van der Waals surface area contributed by atoms with E-state index in [2.05, 4.69) is 22.2 Å². The lowest BCUT2D eigenvalue weighted by Crippen LogP contribution is -2.46. The molecule has 4 aromatic heterocycles. The van der Waals surface area contributed by atoms with E-state index in [1.54, 1.807) is 10.9 Å². The maximum atomic E-state index is 9.35. The van der Waals surface area contributed by atoms with Crippen LogP contribution >= 0.6 is 0 Å². The summed E-state index contributed by atoms with van der Waals surface area (Å²) < 4.78 is 3.59. The summed E-state index contributed by atoms with van der Waals surface area (Å²) in [6.07, 6.45) is 5.20. The van der Waals surface area contributed by atoms with Crippen molar-refractivity contribution in [3.05, 3.63) is 48.4 Å². The van der Waals surface area contributed by atoms with Gasteiger partial charge in [-0.2, -0.15) is 20.7 Å². The van der Waals surface area contributed by atoms with Crippen molar-refractivity contribution in [1.82, 2.24) is 29.5 Å². The lowest BCUT2D eigenvalue weighted by Gasteiger charge is -2.43. The molecule has 0 unspecified atom stereocenters. The van der Waals surface area contributed by atoms with Crippen LogP contribution in [0.15, 0.2) is 42.7 Å². The van der Waals surface area contributed by atoms with E-state index in [0.717, 1.165) is 22.3 Å². The Morgan fingerprint density at radius 2 is 2.00 bits per heavy atom. The Labute approximate surface area is 184 Å². The number of nitrogens with zero attached hydrogens (tertiary/aromatic N) is 8. The maximum Gasteiger partial charge on any atom is 0.111 e. The number of fused-ring (bicyclic) bond motifs is 1. The summed E-state index contributed by atoms with van der Waals surface area (Å²) in [7, 11) is 1.86. The normalized spacial score (nSPS) is 19.9. The zero-order valence-corrected chi connectivity index (χ0v) is 17.6. The molecule has 9 heteroatoms. The molecule has 158 valence electrons. The molecule has 2 N–H and O–H groups in total. The summed E-state index contributed by atoms with van der Waals surface area (Å²) in [5.74, 6) is -0.0385. The van der Waals surface area contributed by atoms with Crippen LogP contribution in [0, 0.1) is 28.6 Å². The summed E-state index contributed by atoms with van der Waals surface area (Å²) in [5.41, 5.74) is 9.88. The number of nitriles is 2. The first-order chi connectivity index (χ1) is 15.6. The van der Waals surface area contributed by atoms with Gasteiger partial charge in [0.05, 0.1) is 46.9 Å². The Kier molecular flexibility index (Phi) is 4.69. The SMILES string of the molecule is Cn1nc(-c2cc3ncccc3c(-c3ccn(C4(CC#N)CC(C#N)C4)n3)n2)cc1CN. The van der Waals surface area contributed by atoms with Crippen LogP contribution in [0.3, 0.4) is 0 Å². The fourth-order valence-electron chi connectivity index (χ4n) is 4.45. The molecular weight excluding hydrogens is 402 g/mol. The van der Waals surface area contributed by atoms with Crippen molar-refractivity contribution >= 4 is 10.9 Å². The van der Waals surface area contributed by atoms with Crippen LogP contribution in [0.2, 0.25) is 0 Å². The van der Waals surface area contributed by atoms with Crippen LogP contribution in [-0.2, 0) is 19.1 Å². The van der Waals surface area contributed by atoms with Gasteiger partial charge in [-0.25, -0.2) is 4.98 Å². The van der Waals surface area contributed by atoms with Gasteiger partial charge < -0.3 is 5.73 Å². The molecule has 0 atom stereocenters. The molecule has 1 aliphatic rings. The van der Waals surface area contributed by atoms with E-state index in [-0.39, 0.29) is 5.92 Å². The van der Waals surface area contributed by atoms with E-state index in [9.17, 15) is 10.5 Å². The van der Waals surface area contributed by atoms with E-state index < -0.39 is 5.54 Å². The predicted octanol–water partition coefficient (Wildman–Crippen LogP) is 2.90. The van der Waals surface area contributed by atoms with Crippen molar-refractivity contribution < 1.29 is 0 Å². The zero-order chi connectivity index (χ0) is 22.3. The highest BCUT2D eigenvalue weighted by molar-refractivity contribution is 5.93. The molecule has 0 amide bonds. The van der Waals surface area contributed by atoms with Crippen molar-refractivity contribution in [1.29, 1.82) is 10.5 Å². The third kappa shape index (κ3) is 3.11. The van der Waals surface area contributed by atoms with Crippen molar-refractivity contribution in [3.8, 4) is 34.9 Å². The van der Waals surface area contributed by atoms with Gasteiger partial charge in [-0.15, -0.1) is 0 Å². The number of pyridine rings is 2. The first kappa shape index (κ1) is 19.9. The van der Waals surface area contributed by atoms with Crippen LogP contribution < -0.4 is 5.73 Å². The van der Waals surface area contributed by atoms with Gasteiger partial charge in [-0.05, 0) is 43.2 Å². The second-order valence-electron chi connectivity index (χ2n) is 8.21. The fourth-order valence-corrected chi connectivity index (χ4v) is 4.45. The highest BCUT2D eigenvalue weighted by Gasteiger charge is 2.46. The molecule has 0 spiro atoms. The Bertz CT molecular complexity index is 1390. The van der Waals surface area contributed by atoms with E-state index in [1.807, 2.05) is 48.3 Å². The number of hydrogen-bond acceptors (Lipinski definition) is 7. The fraction of sp³-hybridized carbons (Fsp3) is 0.304. The van der Waals surface area contributed by atoms with Crippen molar-refractivity contribution in [3.63, 3.8) is 0 Å². The highest BCUT2D eigenvalue weighted by atomic mass is 15.3. The number of hydrogen-bond donors (Lipinski definition) is 1. The van der Waals surface area contributed by atoms with Gasteiger partial charge in [0.2, 0.25) is 0 Å². The molecule has 0 aliphatic heterocycles. The highest BCUT2D eigenvalue weighted by Crippen LogP contribution is 2.46. The minimum atomic E-state index is -0.434. The summed E-state index contributed by atoms with van der Waals surface area (Å²) in [4.78, 5) is 9.42. The zero-order valence-electron chi connectivity index (χ0n) is 17.6. The Morgan fingerprint density at radius 3 is 2.72 bits per heavy atom. The van der Waals surface area contributed by atoms with E-state index in [1.165, 1.54) is 0 Å². The number of rotatable bonds is 5.